The lowest BCUT2D eigenvalue weighted by Crippen LogP contribution is -2.31. The number of hydrogen-bond donors (Lipinski definition) is 1. The van der Waals surface area contributed by atoms with Crippen molar-refractivity contribution in [3.05, 3.63) is 28.9 Å². The van der Waals surface area contributed by atoms with Crippen LogP contribution in [0.15, 0.2) is 28.9 Å². The average molecular weight is 381 g/mol. The maximum Gasteiger partial charge on any atom is 0.308 e. The third-order valence-corrected chi connectivity index (χ3v) is 5.46. The monoisotopic (exact) mass is 380 g/mol. The van der Waals surface area contributed by atoms with Crippen LogP contribution in [-0.4, -0.2) is 34.1 Å². The van der Waals surface area contributed by atoms with Crippen LogP contribution in [0.3, 0.4) is 0 Å². The highest BCUT2D eigenvalue weighted by molar-refractivity contribution is 9.10. The van der Waals surface area contributed by atoms with Crippen LogP contribution in [0.25, 0.3) is 10.9 Å². The summed E-state index contributed by atoms with van der Waals surface area (Å²) in [6, 6.07) is 5.90. The van der Waals surface area contributed by atoms with Gasteiger partial charge in [0.15, 0.2) is 0 Å². The Bertz CT molecular complexity index is 692. The molecule has 0 spiro atoms. The van der Waals surface area contributed by atoms with Crippen molar-refractivity contribution < 1.29 is 14.6 Å². The molecule has 3 rings (SSSR count). The molecule has 0 saturated heterocycles. The van der Waals surface area contributed by atoms with E-state index in [4.69, 9.17) is 4.74 Å². The number of rotatable bonds is 4. The van der Waals surface area contributed by atoms with E-state index in [1.54, 1.807) is 0 Å². The van der Waals surface area contributed by atoms with Crippen LogP contribution < -0.4 is 0 Å². The molecule has 1 atom stereocenters. The summed E-state index contributed by atoms with van der Waals surface area (Å²) in [7, 11) is 1.43. The molecule has 124 valence electrons. The summed E-state index contributed by atoms with van der Waals surface area (Å²) >= 11 is 3.52. The average Bonchev–Trinajstić information content (AvgIpc) is 2.98. The smallest absolute Gasteiger partial charge is 0.308 e. The van der Waals surface area contributed by atoms with E-state index in [0.29, 0.717) is 6.54 Å². The van der Waals surface area contributed by atoms with Gasteiger partial charge < -0.3 is 9.84 Å². The molecule has 1 heterocycles. The minimum absolute atomic E-state index is 0.00769. The number of benzene rings is 1. The summed E-state index contributed by atoms with van der Waals surface area (Å²) in [5, 5.41) is 16.1. The quantitative estimate of drug-likeness (QED) is 0.827. The highest BCUT2D eigenvalue weighted by atomic mass is 79.9. The lowest BCUT2D eigenvalue weighted by molar-refractivity contribution is -0.147. The first-order valence-electron chi connectivity index (χ1n) is 7.96. The standard InChI is InChI=1S/C17H21BrN2O3/c1-23-17(22)12-7-5-11(6-8-12)16(21)10-20-9-13-14(18)3-2-4-15(13)19-20/h2-4,9,11-12,16,21H,5-8,10H2,1H3/t11?,12?,16-/m0/s1. The Morgan fingerprint density at radius 3 is 2.83 bits per heavy atom. The van der Waals surface area contributed by atoms with Gasteiger partial charge in [-0.15, -0.1) is 0 Å². The van der Waals surface area contributed by atoms with Gasteiger partial charge in [-0.1, -0.05) is 22.0 Å². The molecule has 1 aromatic heterocycles. The molecule has 1 fully saturated rings. The van der Waals surface area contributed by atoms with Crippen molar-refractivity contribution in [2.45, 2.75) is 38.3 Å². The van der Waals surface area contributed by atoms with Crippen LogP contribution in [0.2, 0.25) is 0 Å². The van der Waals surface area contributed by atoms with Gasteiger partial charge in [0.2, 0.25) is 0 Å². The van der Waals surface area contributed by atoms with E-state index >= 15 is 0 Å². The lowest BCUT2D eigenvalue weighted by Gasteiger charge is -2.30. The number of hydrogen-bond acceptors (Lipinski definition) is 4. The van der Waals surface area contributed by atoms with Gasteiger partial charge in [-0.25, -0.2) is 0 Å². The Morgan fingerprint density at radius 2 is 2.17 bits per heavy atom. The molecule has 0 bridgehead atoms. The largest absolute Gasteiger partial charge is 0.469 e. The third kappa shape index (κ3) is 3.58. The van der Waals surface area contributed by atoms with Crippen molar-refractivity contribution in [3.8, 4) is 0 Å². The Balaban J connectivity index is 1.61. The zero-order valence-electron chi connectivity index (χ0n) is 13.1. The number of esters is 1. The molecule has 6 heteroatoms. The fourth-order valence-electron chi connectivity index (χ4n) is 3.40. The minimum Gasteiger partial charge on any atom is -0.469 e. The van der Waals surface area contributed by atoms with Crippen LogP contribution in [0.5, 0.6) is 0 Å². The second kappa shape index (κ2) is 7.01. The molecule has 1 aromatic carbocycles. The summed E-state index contributed by atoms with van der Waals surface area (Å²) in [4.78, 5) is 11.6. The van der Waals surface area contributed by atoms with Crippen molar-refractivity contribution in [2.75, 3.05) is 7.11 Å². The molecule has 1 aliphatic carbocycles. The van der Waals surface area contributed by atoms with Gasteiger partial charge in [-0.2, -0.15) is 5.10 Å². The molecule has 2 aromatic rings. The molecular weight excluding hydrogens is 360 g/mol. The Labute approximate surface area is 143 Å². The topological polar surface area (TPSA) is 64.3 Å². The summed E-state index contributed by atoms with van der Waals surface area (Å²) in [6.45, 7) is 0.481. The Morgan fingerprint density at radius 1 is 1.43 bits per heavy atom. The van der Waals surface area contributed by atoms with Gasteiger partial charge >= 0.3 is 5.97 Å². The summed E-state index contributed by atoms with van der Waals surface area (Å²) in [5.74, 6) is 0.0828. The molecule has 1 saturated carbocycles. The Kier molecular flexibility index (Phi) is 5.02. The Hall–Kier alpha value is -1.40. The number of methoxy groups -OCH3 is 1. The number of carbonyl (C=O) groups excluding carboxylic acids is 1. The molecule has 0 radical (unpaired) electrons. The van der Waals surface area contributed by atoms with E-state index in [9.17, 15) is 9.90 Å². The first kappa shape index (κ1) is 16.5. The van der Waals surface area contributed by atoms with Gasteiger partial charge in [0.05, 0.1) is 31.2 Å². The molecule has 1 N–H and O–H groups in total. The van der Waals surface area contributed by atoms with Crippen LogP contribution in [0, 0.1) is 11.8 Å². The van der Waals surface area contributed by atoms with Crippen LogP contribution in [-0.2, 0) is 16.1 Å². The zero-order valence-corrected chi connectivity index (χ0v) is 14.7. The van der Waals surface area contributed by atoms with Crippen molar-refractivity contribution in [1.29, 1.82) is 0 Å². The van der Waals surface area contributed by atoms with Gasteiger partial charge in [-0.3, -0.25) is 9.48 Å². The number of ether oxygens (including phenoxy) is 1. The summed E-state index contributed by atoms with van der Waals surface area (Å²) < 4.78 is 7.63. The first-order chi connectivity index (χ1) is 11.1. The van der Waals surface area contributed by atoms with E-state index in [1.807, 2.05) is 29.1 Å². The minimum atomic E-state index is -0.443. The number of aromatic nitrogens is 2. The van der Waals surface area contributed by atoms with Gasteiger partial charge in [0.1, 0.15) is 0 Å². The van der Waals surface area contributed by atoms with E-state index in [0.717, 1.165) is 41.1 Å². The number of aliphatic hydroxyl groups is 1. The highest BCUT2D eigenvalue weighted by Gasteiger charge is 2.30. The van der Waals surface area contributed by atoms with Crippen molar-refractivity contribution in [2.24, 2.45) is 11.8 Å². The van der Waals surface area contributed by atoms with Crippen LogP contribution >= 0.6 is 15.9 Å². The van der Waals surface area contributed by atoms with E-state index in [1.165, 1.54) is 7.11 Å². The zero-order chi connectivity index (χ0) is 16.4. The highest BCUT2D eigenvalue weighted by Crippen LogP contribution is 2.32. The number of fused-ring (bicyclic) bond motifs is 1. The maximum absolute atomic E-state index is 11.6. The molecule has 0 amide bonds. The SMILES string of the molecule is COC(=O)C1CCC([C@@H](O)Cn2cc3c(Br)cccc3n2)CC1. The molecule has 23 heavy (non-hydrogen) atoms. The second-order valence-corrected chi connectivity index (χ2v) is 7.08. The van der Waals surface area contributed by atoms with E-state index in [-0.39, 0.29) is 17.8 Å². The lowest BCUT2D eigenvalue weighted by atomic mass is 9.79. The first-order valence-corrected chi connectivity index (χ1v) is 8.75. The van der Waals surface area contributed by atoms with Gasteiger partial charge in [-0.05, 0) is 43.7 Å². The molecule has 1 aliphatic rings. The molecule has 5 nitrogen and oxygen atoms in total. The third-order valence-electron chi connectivity index (χ3n) is 4.77. The normalized spacial score (nSPS) is 22.9. The number of carbonyl (C=O) groups is 1. The fourth-order valence-corrected chi connectivity index (χ4v) is 3.86. The van der Waals surface area contributed by atoms with Crippen molar-refractivity contribution >= 4 is 32.8 Å². The fraction of sp³-hybridized carbons (Fsp3) is 0.529. The van der Waals surface area contributed by atoms with Crippen molar-refractivity contribution in [3.63, 3.8) is 0 Å². The van der Waals surface area contributed by atoms with Gasteiger partial charge in [0, 0.05) is 16.1 Å². The maximum atomic E-state index is 11.6. The predicted molar refractivity (Wildman–Crippen MR) is 90.9 cm³/mol. The van der Waals surface area contributed by atoms with Crippen LogP contribution in [0.1, 0.15) is 25.7 Å². The molecular formula is C17H21BrN2O3. The van der Waals surface area contributed by atoms with Crippen molar-refractivity contribution in [1.82, 2.24) is 9.78 Å². The number of nitrogens with zero attached hydrogens (tertiary/aromatic N) is 2. The van der Waals surface area contributed by atoms with E-state index < -0.39 is 6.10 Å². The van der Waals surface area contributed by atoms with Crippen LogP contribution in [0.4, 0.5) is 0 Å². The predicted octanol–water partition coefficient (Wildman–Crippen LogP) is 3.14. The number of halogens is 1. The number of aliphatic hydroxyl groups excluding tert-OH is 1. The summed E-state index contributed by atoms with van der Waals surface area (Å²) in [5.41, 5.74) is 0.918. The molecule has 0 unspecified atom stereocenters. The molecule has 0 aliphatic heterocycles. The van der Waals surface area contributed by atoms with Gasteiger partial charge in [0.25, 0.3) is 0 Å². The second-order valence-electron chi connectivity index (χ2n) is 6.23. The summed E-state index contributed by atoms with van der Waals surface area (Å²) in [6.07, 6.45) is 4.81. The van der Waals surface area contributed by atoms with E-state index in [2.05, 4.69) is 21.0 Å².